The summed E-state index contributed by atoms with van der Waals surface area (Å²) in [6.45, 7) is 3.84. The van der Waals surface area contributed by atoms with E-state index in [1.807, 2.05) is 21.1 Å². The molecule has 0 saturated heterocycles. The zero-order valence-corrected chi connectivity index (χ0v) is 38.6. The van der Waals surface area contributed by atoms with E-state index in [0.717, 1.165) is 70.6 Å². The zero-order valence-electron chi connectivity index (χ0n) is 37.7. The maximum Gasteiger partial charge on any atom is 0.306 e. The summed E-state index contributed by atoms with van der Waals surface area (Å²) in [5, 5.41) is 20.8. The average molecular weight is 858 g/mol. The summed E-state index contributed by atoms with van der Waals surface area (Å²) < 4.78 is 33.9. The Bertz CT molecular complexity index is 1220. The molecule has 12 nitrogen and oxygen atoms in total. The van der Waals surface area contributed by atoms with E-state index in [9.17, 15) is 34.1 Å². The fourth-order valence-corrected chi connectivity index (χ4v) is 7.87. The molecule has 0 amide bonds. The Labute approximate surface area is 358 Å². The Kier molecular flexibility index (Phi) is 31.4. The van der Waals surface area contributed by atoms with Crippen molar-refractivity contribution in [2.24, 2.45) is 11.8 Å². The third kappa shape index (κ3) is 30.7. The molecule has 1 saturated carbocycles. The first-order chi connectivity index (χ1) is 28.2. The van der Waals surface area contributed by atoms with Crippen molar-refractivity contribution in [3.05, 3.63) is 24.3 Å². The minimum atomic E-state index is -4.69. The van der Waals surface area contributed by atoms with Gasteiger partial charge in [0.25, 0.3) is 7.82 Å². The molecule has 1 fully saturated rings. The molecule has 0 spiro atoms. The lowest BCUT2D eigenvalue weighted by Crippen LogP contribution is -2.37. The molecule has 0 aliphatic heterocycles. The van der Waals surface area contributed by atoms with Crippen LogP contribution in [-0.4, -0.2) is 98.2 Å². The number of rotatable bonds is 38. The molecule has 344 valence electrons. The van der Waals surface area contributed by atoms with E-state index < -0.39 is 50.6 Å². The molecule has 0 heterocycles. The third-order valence-electron chi connectivity index (χ3n) is 10.9. The van der Waals surface area contributed by atoms with Gasteiger partial charge >= 0.3 is 11.9 Å². The quantitative estimate of drug-likeness (QED) is 0.0200. The van der Waals surface area contributed by atoms with E-state index in [-0.39, 0.29) is 44.2 Å². The number of nitrogens with zero attached hydrogens (tertiary/aromatic N) is 1. The molecule has 1 unspecified atom stereocenters. The summed E-state index contributed by atoms with van der Waals surface area (Å²) in [6.07, 6.45) is 28.2. The topological polar surface area (TPSA) is 169 Å². The SMILES string of the molecule is CCCCCCCC/C=C\CCCCCCCC(=O)OC[C@H](COP(=O)([O-])OCC[N+](C)(C)C)OC(=O)CCCCCC[C@H]1[C@@H](O)CC(=O)[C@@H]1/C=C/[C@@H](O)CCCCC. The number of esters is 2. The molecule has 0 aromatic rings. The zero-order chi connectivity index (χ0) is 43.8. The molecular weight excluding hydrogens is 773 g/mol. The van der Waals surface area contributed by atoms with Crippen LogP contribution in [0, 0.1) is 11.8 Å². The molecule has 1 rings (SSSR count). The molecule has 0 bridgehead atoms. The average Bonchev–Trinajstić information content (AvgIpc) is 3.44. The second-order valence-electron chi connectivity index (χ2n) is 17.5. The number of phosphoric ester groups is 1. The predicted molar refractivity (Wildman–Crippen MR) is 232 cm³/mol. The summed E-state index contributed by atoms with van der Waals surface area (Å²) in [4.78, 5) is 50.3. The van der Waals surface area contributed by atoms with Crippen molar-refractivity contribution in [2.45, 2.75) is 193 Å². The second kappa shape index (κ2) is 33.7. The van der Waals surface area contributed by atoms with Crippen LogP contribution in [0.2, 0.25) is 0 Å². The lowest BCUT2D eigenvalue weighted by atomic mass is 9.88. The van der Waals surface area contributed by atoms with Crippen LogP contribution in [-0.2, 0) is 37.5 Å². The predicted octanol–water partition coefficient (Wildman–Crippen LogP) is 9.09. The van der Waals surface area contributed by atoms with Gasteiger partial charge in [-0.15, -0.1) is 0 Å². The van der Waals surface area contributed by atoms with Crippen LogP contribution in [0.15, 0.2) is 24.3 Å². The monoisotopic (exact) mass is 858 g/mol. The van der Waals surface area contributed by atoms with Crippen molar-refractivity contribution in [1.29, 1.82) is 0 Å². The minimum absolute atomic E-state index is 0.00131. The molecule has 1 aliphatic carbocycles. The van der Waals surface area contributed by atoms with Crippen LogP contribution in [0.4, 0.5) is 0 Å². The number of aliphatic hydroxyl groups excluding tert-OH is 2. The van der Waals surface area contributed by atoms with Gasteiger partial charge in [-0.05, 0) is 57.3 Å². The second-order valence-corrected chi connectivity index (χ2v) is 19.0. The van der Waals surface area contributed by atoms with Crippen LogP contribution >= 0.6 is 7.82 Å². The van der Waals surface area contributed by atoms with E-state index in [1.165, 1.54) is 38.5 Å². The van der Waals surface area contributed by atoms with Crippen LogP contribution < -0.4 is 4.89 Å². The number of allylic oxidation sites excluding steroid dienone is 3. The molecule has 0 aromatic heterocycles. The Hall–Kier alpha value is -1.92. The van der Waals surface area contributed by atoms with Gasteiger partial charge in [-0.3, -0.25) is 18.9 Å². The van der Waals surface area contributed by atoms with Gasteiger partial charge in [-0.1, -0.05) is 128 Å². The highest BCUT2D eigenvalue weighted by Gasteiger charge is 2.39. The van der Waals surface area contributed by atoms with E-state index in [2.05, 4.69) is 26.0 Å². The summed E-state index contributed by atoms with van der Waals surface area (Å²) in [7, 11) is 1.02. The van der Waals surface area contributed by atoms with Gasteiger partial charge in [-0.2, -0.15) is 0 Å². The first-order valence-corrected chi connectivity index (χ1v) is 24.6. The van der Waals surface area contributed by atoms with Gasteiger partial charge in [0.2, 0.25) is 0 Å². The number of hydrogen-bond donors (Lipinski definition) is 2. The molecule has 0 aromatic carbocycles. The largest absolute Gasteiger partial charge is 0.756 e. The van der Waals surface area contributed by atoms with Crippen molar-refractivity contribution in [1.82, 2.24) is 0 Å². The number of Topliss-reactive ketones (excluding diaryl/α,β-unsaturated/α-hetero) is 1. The highest BCUT2D eigenvalue weighted by atomic mass is 31.2. The number of ether oxygens (including phenoxy) is 2. The van der Waals surface area contributed by atoms with Crippen molar-refractivity contribution >= 4 is 25.5 Å². The number of phosphoric acid groups is 1. The molecule has 59 heavy (non-hydrogen) atoms. The number of carbonyl (C=O) groups is 3. The number of quaternary nitrogens is 1. The van der Waals surface area contributed by atoms with Gasteiger partial charge in [0.05, 0.1) is 40.0 Å². The number of aliphatic hydroxyl groups is 2. The normalized spacial score (nSPS) is 19.4. The maximum atomic E-state index is 12.8. The van der Waals surface area contributed by atoms with Crippen molar-refractivity contribution in [3.63, 3.8) is 0 Å². The Morgan fingerprint density at radius 1 is 0.797 bits per heavy atom. The lowest BCUT2D eigenvalue weighted by Gasteiger charge is -2.28. The third-order valence-corrected chi connectivity index (χ3v) is 11.8. The number of unbranched alkanes of at least 4 members (excludes halogenated alkanes) is 16. The summed E-state index contributed by atoms with van der Waals surface area (Å²) in [5.74, 6) is -1.59. The number of hydrogen-bond acceptors (Lipinski definition) is 11. The lowest BCUT2D eigenvalue weighted by molar-refractivity contribution is -0.870. The van der Waals surface area contributed by atoms with Gasteiger partial charge in [0, 0.05) is 25.2 Å². The first kappa shape index (κ1) is 55.1. The smallest absolute Gasteiger partial charge is 0.306 e. The van der Waals surface area contributed by atoms with Crippen LogP contribution in [0.5, 0.6) is 0 Å². The standard InChI is InChI=1S/C46H84NO11P/c1-6-8-10-11-12-13-14-15-16-17-18-19-20-21-26-30-45(51)55-37-40(38-57-59(53,54)56-35-34-47(3,4)5)58-46(52)31-27-23-22-25-29-41-42(44(50)36-43(41)49)33-32-39(48)28-24-9-7-2/h15-16,32-33,39-43,48-49H,6-14,17-31,34-38H2,1-5H3/b16-15-,33-32+/t39-,40+,41+,42+,43-/m0/s1. The van der Waals surface area contributed by atoms with Gasteiger partial charge in [0.1, 0.15) is 25.5 Å². The molecule has 0 radical (unpaired) electrons. The number of ketones is 1. The van der Waals surface area contributed by atoms with Gasteiger partial charge in [0.15, 0.2) is 6.10 Å². The van der Waals surface area contributed by atoms with E-state index >= 15 is 0 Å². The number of carbonyl (C=O) groups excluding carboxylic acids is 3. The molecular formula is C46H84NO11P. The van der Waals surface area contributed by atoms with E-state index in [0.29, 0.717) is 43.1 Å². The van der Waals surface area contributed by atoms with Crippen molar-refractivity contribution in [2.75, 3.05) is 47.5 Å². The molecule has 2 N–H and O–H groups in total. The molecule has 13 heteroatoms. The van der Waals surface area contributed by atoms with Crippen molar-refractivity contribution < 1.29 is 57.1 Å². The maximum absolute atomic E-state index is 12.8. The fourth-order valence-electron chi connectivity index (χ4n) is 7.14. The Morgan fingerprint density at radius 3 is 1.98 bits per heavy atom. The van der Waals surface area contributed by atoms with E-state index in [1.54, 1.807) is 12.2 Å². The Morgan fingerprint density at radius 2 is 1.36 bits per heavy atom. The van der Waals surface area contributed by atoms with Crippen LogP contribution in [0.1, 0.15) is 174 Å². The van der Waals surface area contributed by atoms with Gasteiger partial charge in [-0.25, -0.2) is 0 Å². The fraction of sp³-hybridized carbons (Fsp3) is 0.848. The summed E-state index contributed by atoms with van der Waals surface area (Å²) in [5.41, 5.74) is 0. The number of likely N-dealkylation sites (N-methyl/N-ethyl adjacent to an activating group) is 1. The van der Waals surface area contributed by atoms with Crippen molar-refractivity contribution in [3.8, 4) is 0 Å². The van der Waals surface area contributed by atoms with E-state index in [4.69, 9.17) is 18.5 Å². The molecule has 6 atom stereocenters. The summed E-state index contributed by atoms with van der Waals surface area (Å²) in [6, 6.07) is 0. The highest BCUT2D eigenvalue weighted by Crippen LogP contribution is 2.38. The first-order valence-electron chi connectivity index (χ1n) is 23.1. The minimum Gasteiger partial charge on any atom is -0.756 e. The van der Waals surface area contributed by atoms with Crippen LogP contribution in [0.25, 0.3) is 0 Å². The van der Waals surface area contributed by atoms with Crippen LogP contribution in [0.3, 0.4) is 0 Å². The summed E-state index contributed by atoms with van der Waals surface area (Å²) >= 11 is 0. The molecule has 1 aliphatic rings. The highest BCUT2D eigenvalue weighted by molar-refractivity contribution is 7.45. The Balaban J connectivity index is 2.47. The van der Waals surface area contributed by atoms with Gasteiger partial charge < -0.3 is 38.1 Å².